The van der Waals surface area contributed by atoms with Crippen LogP contribution in [0.15, 0.2) is 30.9 Å². The molecule has 1 amide bonds. The van der Waals surface area contributed by atoms with E-state index in [4.69, 9.17) is 9.72 Å². The first kappa shape index (κ1) is 19.0. The van der Waals surface area contributed by atoms with Crippen LogP contribution < -0.4 is 4.74 Å². The lowest BCUT2D eigenvalue weighted by atomic mass is 9.92. The third-order valence-corrected chi connectivity index (χ3v) is 5.33. The zero-order valence-corrected chi connectivity index (χ0v) is 16.9. The van der Waals surface area contributed by atoms with Gasteiger partial charge in [0.1, 0.15) is 11.6 Å². The first-order chi connectivity index (χ1) is 14.0. The van der Waals surface area contributed by atoms with Gasteiger partial charge in [-0.05, 0) is 38.2 Å². The minimum Gasteiger partial charge on any atom is -0.473 e. The molecule has 0 saturated heterocycles. The summed E-state index contributed by atoms with van der Waals surface area (Å²) in [5, 5.41) is 8.58. The summed E-state index contributed by atoms with van der Waals surface area (Å²) in [5.41, 5.74) is 2.47. The summed E-state index contributed by atoms with van der Waals surface area (Å²) in [5.74, 6) is 5.71. The fourth-order valence-corrected chi connectivity index (χ4v) is 3.78. The van der Waals surface area contributed by atoms with E-state index in [2.05, 4.69) is 22.0 Å². The fourth-order valence-electron chi connectivity index (χ4n) is 3.78. The molecule has 150 valence electrons. The van der Waals surface area contributed by atoms with E-state index in [-0.39, 0.29) is 18.1 Å². The van der Waals surface area contributed by atoms with Crippen molar-refractivity contribution in [3.05, 3.63) is 30.9 Å². The van der Waals surface area contributed by atoms with Gasteiger partial charge in [-0.1, -0.05) is 5.92 Å². The van der Waals surface area contributed by atoms with E-state index in [1.807, 2.05) is 32.6 Å². The van der Waals surface area contributed by atoms with Gasteiger partial charge in [0.25, 0.3) is 5.91 Å². The lowest BCUT2D eigenvalue weighted by molar-refractivity contribution is -0.126. The number of fused-ring (bicyclic) bond motifs is 1. The van der Waals surface area contributed by atoms with Crippen LogP contribution >= 0.6 is 0 Å². The molecule has 1 fully saturated rings. The van der Waals surface area contributed by atoms with Gasteiger partial charge < -0.3 is 9.64 Å². The highest BCUT2D eigenvalue weighted by Gasteiger charge is 2.29. The van der Waals surface area contributed by atoms with Crippen LogP contribution in [-0.4, -0.2) is 54.4 Å². The summed E-state index contributed by atoms with van der Waals surface area (Å²) in [6.07, 6.45) is 10.9. The van der Waals surface area contributed by atoms with Crippen molar-refractivity contribution in [2.75, 3.05) is 7.05 Å². The van der Waals surface area contributed by atoms with Crippen LogP contribution in [0.3, 0.4) is 0 Å². The van der Waals surface area contributed by atoms with E-state index in [1.54, 1.807) is 33.4 Å². The maximum atomic E-state index is 12.1. The molecule has 3 aromatic heterocycles. The highest BCUT2D eigenvalue weighted by atomic mass is 16.5. The molecule has 29 heavy (non-hydrogen) atoms. The van der Waals surface area contributed by atoms with Gasteiger partial charge >= 0.3 is 0 Å². The third-order valence-electron chi connectivity index (χ3n) is 5.33. The molecule has 0 radical (unpaired) electrons. The van der Waals surface area contributed by atoms with Crippen molar-refractivity contribution in [2.45, 2.75) is 44.8 Å². The Kier molecular flexibility index (Phi) is 5.21. The van der Waals surface area contributed by atoms with Crippen LogP contribution in [0.5, 0.6) is 5.88 Å². The van der Waals surface area contributed by atoms with Crippen LogP contribution in [0.2, 0.25) is 0 Å². The molecule has 1 saturated carbocycles. The second kappa shape index (κ2) is 7.95. The Labute approximate surface area is 169 Å². The van der Waals surface area contributed by atoms with Gasteiger partial charge in [-0.15, -0.1) is 0 Å². The molecule has 8 heteroatoms. The highest BCUT2D eigenvalue weighted by molar-refractivity contribution is 5.93. The summed E-state index contributed by atoms with van der Waals surface area (Å²) in [6, 6.07) is 2.01. The molecule has 4 rings (SSSR count). The molecule has 1 aliphatic rings. The average molecular weight is 392 g/mol. The summed E-state index contributed by atoms with van der Waals surface area (Å²) < 4.78 is 9.86. The number of rotatable bonds is 4. The molecule has 2 unspecified atom stereocenters. The van der Waals surface area contributed by atoms with Crippen molar-refractivity contribution in [2.24, 2.45) is 7.05 Å². The van der Waals surface area contributed by atoms with E-state index in [9.17, 15) is 4.79 Å². The molecule has 3 heterocycles. The molecule has 0 bridgehead atoms. The standard InChI is InChI=1S/C21H24N6O2/c1-4-6-20(28)26(3)16-7-5-8-17(11-16)29-21-19-9-10-22-27(19)14-18(24-21)15-12-23-25(2)13-15/h9-10,12-14,16-17H,5,7-8,11H2,1-3H3. The van der Waals surface area contributed by atoms with Crippen LogP contribution in [-0.2, 0) is 11.8 Å². The van der Waals surface area contributed by atoms with Gasteiger partial charge in [-0.3, -0.25) is 9.48 Å². The highest BCUT2D eigenvalue weighted by Crippen LogP contribution is 2.29. The third kappa shape index (κ3) is 3.94. The number of hydrogen-bond acceptors (Lipinski definition) is 5. The molecule has 0 spiro atoms. The lowest BCUT2D eigenvalue weighted by Crippen LogP contribution is -2.42. The zero-order chi connectivity index (χ0) is 20.4. The molecule has 0 aliphatic heterocycles. The van der Waals surface area contributed by atoms with Crippen molar-refractivity contribution >= 4 is 11.4 Å². The van der Waals surface area contributed by atoms with Crippen molar-refractivity contribution in [1.82, 2.24) is 29.3 Å². The lowest BCUT2D eigenvalue weighted by Gasteiger charge is -2.34. The van der Waals surface area contributed by atoms with E-state index < -0.39 is 0 Å². The molecule has 0 N–H and O–H groups in total. The maximum absolute atomic E-state index is 12.1. The van der Waals surface area contributed by atoms with Crippen LogP contribution in [0, 0.1) is 11.8 Å². The number of carbonyl (C=O) groups excluding carboxylic acids is 1. The molecule has 8 nitrogen and oxygen atoms in total. The van der Waals surface area contributed by atoms with Crippen molar-refractivity contribution < 1.29 is 9.53 Å². The minimum absolute atomic E-state index is 0.0195. The Morgan fingerprint density at radius 1 is 1.31 bits per heavy atom. The fraction of sp³-hybridized carbons (Fsp3) is 0.429. The van der Waals surface area contributed by atoms with Crippen molar-refractivity contribution in [1.29, 1.82) is 0 Å². The Balaban J connectivity index is 1.57. The molecule has 2 atom stereocenters. The Bertz CT molecular complexity index is 1090. The predicted molar refractivity (Wildman–Crippen MR) is 108 cm³/mol. The van der Waals surface area contributed by atoms with Crippen LogP contribution in [0.1, 0.15) is 32.6 Å². The maximum Gasteiger partial charge on any atom is 0.298 e. The zero-order valence-electron chi connectivity index (χ0n) is 16.9. The predicted octanol–water partition coefficient (Wildman–Crippen LogP) is 2.30. The van der Waals surface area contributed by atoms with Gasteiger partial charge in [-0.25, -0.2) is 9.50 Å². The number of carbonyl (C=O) groups is 1. The van der Waals surface area contributed by atoms with Crippen LogP contribution in [0.4, 0.5) is 0 Å². The van der Waals surface area contributed by atoms with Gasteiger partial charge in [0, 0.05) is 38.3 Å². The normalized spacial score (nSPS) is 18.9. The molecule has 3 aromatic rings. The summed E-state index contributed by atoms with van der Waals surface area (Å²) >= 11 is 0. The summed E-state index contributed by atoms with van der Waals surface area (Å²) in [7, 11) is 3.69. The van der Waals surface area contributed by atoms with E-state index in [0.29, 0.717) is 5.88 Å². The first-order valence-corrected chi connectivity index (χ1v) is 9.74. The van der Waals surface area contributed by atoms with Gasteiger partial charge in [0.2, 0.25) is 5.88 Å². The quantitative estimate of drug-likeness (QED) is 0.637. The van der Waals surface area contributed by atoms with Crippen LogP contribution in [0.25, 0.3) is 16.8 Å². The molecular weight excluding hydrogens is 368 g/mol. The number of nitrogens with zero attached hydrogens (tertiary/aromatic N) is 6. The first-order valence-electron chi connectivity index (χ1n) is 9.74. The second-order valence-corrected chi connectivity index (χ2v) is 7.35. The smallest absolute Gasteiger partial charge is 0.298 e. The van der Waals surface area contributed by atoms with E-state index in [0.717, 1.165) is 42.5 Å². The van der Waals surface area contributed by atoms with Gasteiger partial charge in [-0.2, -0.15) is 10.2 Å². The number of hydrogen-bond donors (Lipinski definition) is 0. The Morgan fingerprint density at radius 2 is 2.17 bits per heavy atom. The summed E-state index contributed by atoms with van der Waals surface area (Å²) in [4.78, 5) is 18.6. The molecular formula is C21H24N6O2. The molecule has 0 aromatic carbocycles. The number of ether oxygens (including phenoxy) is 1. The van der Waals surface area contributed by atoms with E-state index in [1.165, 1.54) is 0 Å². The van der Waals surface area contributed by atoms with Crippen molar-refractivity contribution in [3.63, 3.8) is 0 Å². The Hall–Kier alpha value is -3.34. The minimum atomic E-state index is -0.145. The van der Waals surface area contributed by atoms with Gasteiger partial charge in [0.15, 0.2) is 0 Å². The molecule has 1 aliphatic carbocycles. The number of aryl methyl sites for hydroxylation is 1. The monoisotopic (exact) mass is 392 g/mol. The largest absolute Gasteiger partial charge is 0.473 e. The topological polar surface area (TPSA) is 77.6 Å². The summed E-state index contributed by atoms with van der Waals surface area (Å²) in [6.45, 7) is 1.68. The average Bonchev–Trinajstić information content (AvgIpc) is 3.36. The number of amides is 1. The SMILES string of the molecule is CC#CC(=O)N(C)C1CCCC(Oc2nc(-c3cnn(C)c3)cn3nccc23)C1. The number of aromatic nitrogens is 5. The van der Waals surface area contributed by atoms with Gasteiger partial charge in [0.05, 0.1) is 24.3 Å². The van der Waals surface area contributed by atoms with Crippen molar-refractivity contribution in [3.8, 4) is 29.0 Å². The van der Waals surface area contributed by atoms with E-state index >= 15 is 0 Å². The second-order valence-electron chi connectivity index (χ2n) is 7.35. The Morgan fingerprint density at radius 3 is 2.93 bits per heavy atom.